The molecule has 0 heterocycles. The fourth-order valence-electron chi connectivity index (χ4n) is 1.30. The number of nitrogens with one attached hydrogen (secondary N) is 2. The van der Waals surface area contributed by atoms with Gasteiger partial charge in [0.25, 0.3) is 0 Å². The number of amides is 1. The Kier molecular flexibility index (Phi) is 5.32. The third kappa shape index (κ3) is 4.43. The maximum atomic E-state index is 11.7. The molecule has 1 rings (SSSR count). The summed E-state index contributed by atoms with van der Waals surface area (Å²) in [5, 5.41) is 0. The molecule has 9 heteroatoms. The smallest absolute Gasteiger partial charge is 0.422 e. The zero-order valence-electron chi connectivity index (χ0n) is 10.9. The van der Waals surface area contributed by atoms with Crippen LogP contribution in [0.3, 0.4) is 0 Å². The van der Waals surface area contributed by atoms with E-state index in [4.69, 9.17) is 0 Å². The Morgan fingerprint density at radius 2 is 1.90 bits per heavy atom. The minimum Gasteiger partial charge on any atom is -0.465 e. The summed E-state index contributed by atoms with van der Waals surface area (Å²) in [6.45, 7) is 1.56. The summed E-state index contributed by atoms with van der Waals surface area (Å²) < 4.78 is 36.0. The number of carbonyl (C=O) groups is 2. The highest BCUT2D eigenvalue weighted by Gasteiger charge is 2.19. The number of anilines is 1. The third-order valence-electron chi connectivity index (χ3n) is 2.07. The Bertz CT molecular complexity index is 599. The van der Waals surface area contributed by atoms with E-state index in [1.165, 1.54) is 32.2 Å². The van der Waals surface area contributed by atoms with Crippen molar-refractivity contribution in [1.29, 1.82) is 0 Å². The van der Waals surface area contributed by atoms with E-state index in [1.54, 1.807) is 10.8 Å². The number of hydrogen-bond acceptors (Lipinski definition) is 6. The SMILES string of the molecule is CCOC(=O)NS(=O)(=O)Nc1ccccc1C(=O)OC. The van der Waals surface area contributed by atoms with Gasteiger partial charge in [0.05, 0.1) is 25.0 Å². The summed E-state index contributed by atoms with van der Waals surface area (Å²) in [4.78, 5) is 22.6. The number of hydrogen-bond donors (Lipinski definition) is 2. The lowest BCUT2D eigenvalue weighted by molar-refractivity contribution is 0.0602. The Morgan fingerprint density at radius 1 is 1.25 bits per heavy atom. The third-order valence-corrected chi connectivity index (χ3v) is 2.99. The Morgan fingerprint density at radius 3 is 2.50 bits per heavy atom. The number of benzene rings is 1. The molecule has 0 fully saturated rings. The van der Waals surface area contributed by atoms with Gasteiger partial charge in [0.1, 0.15) is 0 Å². The van der Waals surface area contributed by atoms with Crippen LogP contribution in [0, 0.1) is 0 Å². The van der Waals surface area contributed by atoms with E-state index in [1.807, 2.05) is 0 Å². The predicted molar refractivity (Wildman–Crippen MR) is 70.5 cm³/mol. The molecule has 20 heavy (non-hydrogen) atoms. The molecule has 0 radical (unpaired) electrons. The van der Waals surface area contributed by atoms with E-state index in [2.05, 4.69) is 14.2 Å². The molecular formula is C11H14N2O6S. The summed E-state index contributed by atoms with van der Waals surface area (Å²) in [7, 11) is -3.03. The van der Waals surface area contributed by atoms with Gasteiger partial charge in [-0.1, -0.05) is 12.1 Å². The number of rotatable bonds is 5. The number of carbonyl (C=O) groups excluding carboxylic acids is 2. The van der Waals surface area contributed by atoms with E-state index < -0.39 is 22.3 Å². The summed E-state index contributed by atoms with van der Waals surface area (Å²) in [6, 6.07) is 5.81. The molecule has 0 aliphatic carbocycles. The maximum absolute atomic E-state index is 11.7. The molecule has 8 nitrogen and oxygen atoms in total. The fraction of sp³-hybridized carbons (Fsp3) is 0.273. The predicted octanol–water partition coefficient (Wildman–Crippen LogP) is 0.876. The molecule has 0 saturated carbocycles. The van der Waals surface area contributed by atoms with Crippen LogP contribution in [0.4, 0.5) is 10.5 Å². The van der Waals surface area contributed by atoms with Crippen molar-refractivity contribution in [3.8, 4) is 0 Å². The first-order valence-electron chi connectivity index (χ1n) is 5.54. The van der Waals surface area contributed by atoms with Gasteiger partial charge in [-0.2, -0.15) is 8.42 Å². The van der Waals surface area contributed by atoms with Gasteiger partial charge in [0, 0.05) is 0 Å². The molecule has 0 spiro atoms. The van der Waals surface area contributed by atoms with E-state index in [-0.39, 0.29) is 17.9 Å². The van der Waals surface area contributed by atoms with E-state index in [0.29, 0.717) is 0 Å². The second-order valence-corrected chi connectivity index (χ2v) is 4.88. The van der Waals surface area contributed by atoms with Crippen molar-refractivity contribution >= 4 is 28.0 Å². The average molecular weight is 302 g/mol. The Labute approximate surface area is 116 Å². The Balaban J connectivity index is 2.93. The molecule has 110 valence electrons. The lowest BCUT2D eigenvalue weighted by Crippen LogP contribution is -2.36. The minimum atomic E-state index is -4.20. The number of methoxy groups -OCH3 is 1. The van der Waals surface area contributed by atoms with Crippen LogP contribution in [-0.2, 0) is 19.7 Å². The average Bonchev–Trinajstić information content (AvgIpc) is 2.37. The zero-order chi connectivity index (χ0) is 15.2. The molecule has 1 aromatic carbocycles. The van der Waals surface area contributed by atoms with Gasteiger partial charge in [-0.15, -0.1) is 0 Å². The van der Waals surface area contributed by atoms with Crippen molar-refractivity contribution < 1.29 is 27.5 Å². The number of esters is 1. The summed E-state index contributed by atoms with van der Waals surface area (Å²) >= 11 is 0. The van der Waals surface area contributed by atoms with Crippen molar-refractivity contribution in [1.82, 2.24) is 4.72 Å². The van der Waals surface area contributed by atoms with Crippen molar-refractivity contribution in [3.63, 3.8) is 0 Å². The summed E-state index contributed by atoms with van der Waals surface area (Å²) in [6.07, 6.45) is -1.12. The molecule has 0 bridgehead atoms. The largest absolute Gasteiger partial charge is 0.465 e. The topological polar surface area (TPSA) is 111 Å². The number of para-hydroxylation sites is 1. The maximum Gasteiger partial charge on any atom is 0.422 e. The van der Waals surface area contributed by atoms with Crippen molar-refractivity contribution in [2.24, 2.45) is 0 Å². The molecular weight excluding hydrogens is 288 g/mol. The molecule has 0 aliphatic rings. The molecule has 0 aliphatic heterocycles. The summed E-state index contributed by atoms with van der Waals surface area (Å²) in [5.74, 6) is -0.709. The van der Waals surface area contributed by atoms with E-state index >= 15 is 0 Å². The van der Waals surface area contributed by atoms with Gasteiger partial charge in [0.15, 0.2) is 0 Å². The first kappa shape index (κ1) is 15.8. The van der Waals surface area contributed by atoms with Gasteiger partial charge >= 0.3 is 22.3 Å². The summed E-state index contributed by atoms with van der Waals surface area (Å²) in [5.41, 5.74) is 0.000354. The minimum absolute atomic E-state index is 0.0175. The van der Waals surface area contributed by atoms with Crippen molar-refractivity contribution in [2.75, 3.05) is 18.4 Å². The molecule has 0 unspecified atom stereocenters. The lowest BCUT2D eigenvalue weighted by atomic mass is 10.2. The first-order chi connectivity index (χ1) is 9.39. The van der Waals surface area contributed by atoms with E-state index in [9.17, 15) is 18.0 Å². The quantitative estimate of drug-likeness (QED) is 0.781. The molecule has 0 saturated heterocycles. The zero-order valence-corrected chi connectivity index (χ0v) is 11.7. The highest BCUT2D eigenvalue weighted by Crippen LogP contribution is 2.16. The second-order valence-electron chi connectivity index (χ2n) is 3.47. The fourth-order valence-corrected chi connectivity index (χ4v) is 2.10. The molecule has 0 aromatic heterocycles. The van der Waals surface area contributed by atoms with Crippen LogP contribution in [-0.4, -0.2) is 34.2 Å². The highest BCUT2D eigenvalue weighted by atomic mass is 32.2. The normalized spacial score (nSPS) is 10.5. The van der Waals surface area contributed by atoms with Crippen molar-refractivity contribution in [3.05, 3.63) is 29.8 Å². The van der Waals surface area contributed by atoms with Crippen molar-refractivity contribution in [2.45, 2.75) is 6.92 Å². The van der Waals surface area contributed by atoms with Crippen LogP contribution in [0.25, 0.3) is 0 Å². The first-order valence-corrected chi connectivity index (χ1v) is 7.02. The lowest BCUT2D eigenvalue weighted by Gasteiger charge is -2.11. The monoisotopic (exact) mass is 302 g/mol. The van der Waals surface area contributed by atoms with Crippen LogP contribution >= 0.6 is 0 Å². The van der Waals surface area contributed by atoms with Crippen LogP contribution in [0.5, 0.6) is 0 Å². The van der Waals surface area contributed by atoms with Crippen LogP contribution < -0.4 is 9.44 Å². The van der Waals surface area contributed by atoms with Crippen LogP contribution in [0.2, 0.25) is 0 Å². The van der Waals surface area contributed by atoms with Crippen LogP contribution in [0.1, 0.15) is 17.3 Å². The van der Waals surface area contributed by atoms with Gasteiger partial charge in [-0.05, 0) is 19.1 Å². The molecule has 1 amide bonds. The molecule has 0 atom stereocenters. The molecule has 2 N–H and O–H groups in total. The van der Waals surface area contributed by atoms with Gasteiger partial charge in [0.2, 0.25) is 0 Å². The van der Waals surface area contributed by atoms with Gasteiger partial charge in [-0.3, -0.25) is 4.72 Å². The van der Waals surface area contributed by atoms with Gasteiger partial charge in [-0.25, -0.2) is 14.3 Å². The molecule has 1 aromatic rings. The van der Waals surface area contributed by atoms with E-state index in [0.717, 1.165) is 0 Å². The van der Waals surface area contributed by atoms with Gasteiger partial charge < -0.3 is 9.47 Å². The number of ether oxygens (including phenoxy) is 2. The van der Waals surface area contributed by atoms with Crippen LogP contribution in [0.15, 0.2) is 24.3 Å². The standard InChI is InChI=1S/C11H14N2O6S/c1-3-19-11(15)13-20(16,17)12-9-7-5-4-6-8(9)10(14)18-2/h4-7,12H,3H2,1-2H3,(H,13,15). The highest BCUT2D eigenvalue weighted by molar-refractivity contribution is 7.91. The Hall–Kier alpha value is -2.29. The second kappa shape index (κ2) is 6.75.